The number of methoxy groups -OCH3 is 1. The average molecular weight is 258 g/mol. The zero-order valence-corrected chi connectivity index (χ0v) is 10.5. The summed E-state index contributed by atoms with van der Waals surface area (Å²) in [5.41, 5.74) is 7.79. The molecular formula is C12H14N6O. The minimum absolute atomic E-state index is 0.501. The first-order valence-electron chi connectivity index (χ1n) is 5.95. The van der Waals surface area contributed by atoms with Gasteiger partial charge in [-0.25, -0.2) is 0 Å². The molecule has 2 aromatic heterocycles. The van der Waals surface area contributed by atoms with Crippen LogP contribution in [0.4, 0.5) is 0 Å². The number of rotatable bonds is 4. The van der Waals surface area contributed by atoms with E-state index in [1.807, 2.05) is 29.0 Å². The number of nitrogens with one attached hydrogen (secondary N) is 1. The minimum atomic E-state index is 0.501. The number of tetrazole rings is 1. The summed E-state index contributed by atoms with van der Waals surface area (Å²) < 4.78 is 7.14. The van der Waals surface area contributed by atoms with E-state index in [9.17, 15) is 0 Å². The van der Waals surface area contributed by atoms with Gasteiger partial charge in [-0.1, -0.05) is 5.10 Å². The number of fused-ring (bicyclic) bond motifs is 1. The summed E-state index contributed by atoms with van der Waals surface area (Å²) >= 11 is 0. The van der Waals surface area contributed by atoms with Gasteiger partial charge >= 0.3 is 0 Å². The molecule has 3 rings (SSSR count). The highest BCUT2D eigenvalue weighted by molar-refractivity contribution is 5.86. The van der Waals surface area contributed by atoms with Gasteiger partial charge in [-0.3, -0.25) is 4.57 Å². The molecule has 3 N–H and O–H groups in total. The van der Waals surface area contributed by atoms with E-state index in [1.54, 1.807) is 7.11 Å². The molecule has 0 unspecified atom stereocenters. The Morgan fingerprint density at radius 3 is 3.00 bits per heavy atom. The van der Waals surface area contributed by atoms with Gasteiger partial charge in [0.15, 0.2) is 0 Å². The molecular weight excluding hydrogens is 244 g/mol. The summed E-state index contributed by atoms with van der Waals surface area (Å²) in [5.74, 6) is 1.29. The third-order valence-corrected chi connectivity index (χ3v) is 3.06. The van der Waals surface area contributed by atoms with Crippen LogP contribution in [0.25, 0.3) is 16.9 Å². The van der Waals surface area contributed by atoms with Gasteiger partial charge in [-0.05, 0) is 35.9 Å². The molecule has 19 heavy (non-hydrogen) atoms. The molecule has 98 valence electrons. The number of nitrogens with two attached hydrogens (primary N) is 1. The van der Waals surface area contributed by atoms with Crippen molar-refractivity contribution in [3.8, 4) is 11.7 Å². The molecule has 7 heteroatoms. The van der Waals surface area contributed by atoms with Crippen LogP contribution in [0, 0.1) is 0 Å². The number of H-pyrrole nitrogens is 1. The normalized spacial score (nSPS) is 11.1. The van der Waals surface area contributed by atoms with Crippen molar-refractivity contribution in [1.29, 1.82) is 0 Å². The van der Waals surface area contributed by atoms with Gasteiger partial charge in [0.05, 0.1) is 12.6 Å². The lowest BCUT2D eigenvalue weighted by Crippen LogP contribution is -2.02. The Kier molecular flexibility index (Phi) is 2.88. The summed E-state index contributed by atoms with van der Waals surface area (Å²) in [6, 6.07) is 5.91. The van der Waals surface area contributed by atoms with E-state index < -0.39 is 0 Å². The van der Waals surface area contributed by atoms with Crippen molar-refractivity contribution < 1.29 is 4.74 Å². The number of ether oxygens (including phenoxy) is 1. The Labute approximate surface area is 109 Å². The maximum Gasteiger partial charge on any atom is 0.274 e. The van der Waals surface area contributed by atoms with E-state index >= 15 is 0 Å². The lowest BCUT2D eigenvalue weighted by Gasteiger charge is -2.02. The molecule has 3 aromatic rings. The molecule has 0 radical (unpaired) electrons. The number of nitrogens with zero attached hydrogens (tertiary/aromatic N) is 4. The lowest BCUT2D eigenvalue weighted by atomic mass is 10.1. The molecule has 0 amide bonds. The summed E-state index contributed by atoms with van der Waals surface area (Å²) in [7, 11) is 1.64. The summed E-state index contributed by atoms with van der Waals surface area (Å²) in [6.07, 6.45) is 2.79. The lowest BCUT2D eigenvalue weighted by molar-refractivity contribution is 0.415. The Bertz CT molecular complexity index is 688. The number of hydrogen-bond acceptors (Lipinski definition) is 5. The molecule has 0 bridgehead atoms. The van der Waals surface area contributed by atoms with Crippen LogP contribution in [0.2, 0.25) is 0 Å². The first-order valence-corrected chi connectivity index (χ1v) is 5.95. The van der Waals surface area contributed by atoms with E-state index in [0.717, 1.165) is 28.6 Å². The second-order valence-electron chi connectivity index (χ2n) is 4.16. The number of aromatic nitrogens is 5. The van der Waals surface area contributed by atoms with Crippen molar-refractivity contribution in [3.05, 3.63) is 30.0 Å². The Balaban J connectivity index is 2.24. The maximum atomic E-state index is 5.65. The number of benzene rings is 1. The van der Waals surface area contributed by atoms with Gasteiger partial charge in [-0.2, -0.15) is 5.21 Å². The fourth-order valence-electron chi connectivity index (χ4n) is 2.18. The molecule has 0 saturated carbocycles. The van der Waals surface area contributed by atoms with Gasteiger partial charge in [0.25, 0.3) is 5.95 Å². The zero-order chi connectivity index (χ0) is 13.2. The topological polar surface area (TPSA) is 94.6 Å². The van der Waals surface area contributed by atoms with Gasteiger partial charge in [0.1, 0.15) is 5.75 Å². The predicted octanol–water partition coefficient (Wildman–Crippen LogP) is 0.653. The molecule has 1 aromatic carbocycles. The third kappa shape index (κ3) is 1.93. The number of aromatic amines is 1. The molecule has 7 nitrogen and oxygen atoms in total. The van der Waals surface area contributed by atoms with Crippen LogP contribution < -0.4 is 10.5 Å². The van der Waals surface area contributed by atoms with Gasteiger partial charge in [0, 0.05) is 17.6 Å². The third-order valence-electron chi connectivity index (χ3n) is 3.06. The monoisotopic (exact) mass is 258 g/mol. The van der Waals surface area contributed by atoms with Crippen LogP contribution >= 0.6 is 0 Å². The molecule has 2 heterocycles. The second kappa shape index (κ2) is 4.69. The van der Waals surface area contributed by atoms with Crippen molar-refractivity contribution in [3.63, 3.8) is 0 Å². The SMILES string of the molecule is COc1ccc2c(CCN)cn(-c3nn[nH]n3)c2c1. The van der Waals surface area contributed by atoms with E-state index in [2.05, 4.69) is 20.6 Å². The highest BCUT2D eigenvalue weighted by atomic mass is 16.5. The maximum absolute atomic E-state index is 5.65. The van der Waals surface area contributed by atoms with Crippen LogP contribution in [0.1, 0.15) is 5.56 Å². The van der Waals surface area contributed by atoms with Gasteiger partial charge < -0.3 is 10.5 Å². The smallest absolute Gasteiger partial charge is 0.274 e. The highest BCUT2D eigenvalue weighted by Gasteiger charge is 2.12. The van der Waals surface area contributed by atoms with Crippen molar-refractivity contribution in [2.75, 3.05) is 13.7 Å². The van der Waals surface area contributed by atoms with E-state index in [-0.39, 0.29) is 0 Å². The van der Waals surface area contributed by atoms with Crippen molar-refractivity contribution in [1.82, 2.24) is 25.2 Å². The minimum Gasteiger partial charge on any atom is -0.497 e. The van der Waals surface area contributed by atoms with Crippen molar-refractivity contribution >= 4 is 10.9 Å². The summed E-state index contributed by atoms with van der Waals surface area (Å²) in [4.78, 5) is 0. The fourth-order valence-corrected chi connectivity index (χ4v) is 2.18. The average Bonchev–Trinajstić information content (AvgIpc) is 3.06. The van der Waals surface area contributed by atoms with Gasteiger partial charge in [0.2, 0.25) is 0 Å². The Morgan fingerprint density at radius 1 is 1.42 bits per heavy atom. The fraction of sp³-hybridized carbons (Fsp3) is 0.250. The van der Waals surface area contributed by atoms with E-state index in [1.165, 1.54) is 0 Å². The number of hydrogen-bond donors (Lipinski definition) is 2. The Hall–Kier alpha value is -2.41. The van der Waals surface area contributed by atoms with Gasteiger partial charge in [-0.15, -0.1) is 5.10 Å². The van der Waals surface area contributed by atoms with Crippen LogP contribution in [-0.2, 0) is 6.42 Å². The van der Waals surface area contributed by atoms with Crippen LogP contribution in [-0.4, -0.2) is 38.8 Å². The highest BCUT2D eigenvalue weighted by Crippen LogP contribution is 2.27. The first kappa shape index (κ1) is 11.7. The molecule has 0 saturated heterocycles. The summed E-state index contributed by atoms with van der Waals surface area (Å²) in [6.45, 7) is 0.595. The predicted molar refractivity (Wildman–Crippen MR) is 70.3 cm³/mol. The van der Waals surface area contributed by atoms with Crippen LogP contribution in [0.15, 0.2) is 24.4 Å². The molecule has 0 aliphatic heterocycles. The van der Waals surface area contributed by atoms with Crippen molar-refractivity contribution in [2.24, 2.45) is 5.73 Å². The molecule has 0 atom stereocenters. The van der Waals surface area contributed by atoms with Crippen LogP contribution in [0.5, 0.6) is 5.75 Å². The molecule has 0 aliphatic rings. The molecule has 0 spiro atoms. The Morgan fingerprint density at radius 2 is 2.32 bits per heavy atom. The molecule has 0 fully saturated rings. The quantitative estimate of drug-likeness (QED) is 0.716. The first-order chi connectivity index (χ1) is 9.33. The zero-order valence-electron chi connectivity index (χ0n) is 10.5. The van der Waals surface area contributed by atoms with Crippen molar-refractivity contribution in [2.45, 2.75) is 6.42 Å². The van der Waals surface area contributed by atoms with E-state index in [0.29, 0.717) is 12.5 Å². The second-order valence-corrected chi connectivity index (χ2v) is 4.16. The molecule has 0 aliphatic carbocycles. The van der Waals surface area contributed by atoms with Crippen LogP contribution in [0.3, 0.4) is 0 Å². The standard InChI is InChI=1S/C12H14N6O/c1-19-9-2-3-10-8(4-5-13)7-18(11(10)6-9)12-14-16-17-15-12/h2-3,6-7H,4-5,13H2,1H3,(H,14,15,16,17). The largest absolute Gasteiger partial charge is 0.497 e. The van der Waals surface area contributed by atoms with E-state index in [4.69, 9.17) is 10.5 Å². The summed E-state index contributed by atoms with van der Waals surface area (Å²) in [5, 5.41) is 15.2.